The summed E-state index contributed by atoms with van der Waals surface area (Å²) in [5.41, 5.74) is 6.28. The Labute approximate surface area is 124 Å². The maximum absolute atomic E-state index is 2.41. The predicted molar refractivity (Wildman–Crippen MR) is 90.6 cm³/mol. The SMILES string of the molecule is CCc1cc2cc(C)c(CC(C)(C)C)cc2cc1CC. The molecule has 0 amide bonds. The fourth-order valence-corrected chi connectivity index (χ4v) is 3.03. The van der Waals surface area contributed by atoms with Gasteiger partial charge in [0.05, 0.1) is 0 Å². The Balaban J connectivity index is 2.57. The van der Waals surface area contributed by atoms with Crippen LogP contribution in [0.1, 0.15) is 56.9 Å². The normalized spacial score (nSPS) is 12.1. The summed E-state index contributed by atoms with van der Waals surface area (Å²) in [6, 6.07) is 9.57. The number of benzene rings is 2. The van der Waals surface area contributed by atoms with E-state index in [-0.39, 0.29) is 0 Å². The van der Waals surface area contributed by atoms with E-state index in [1.54, 1.807) is 0 Å². The minimum absolute atomic E-state index is 0.343. The molecule has 0 heteroatoms. The van der Waals surface area contributed by atoms with Gasteiger partial charge in [0, 0.05) is 0 Å². The van der Waals surface area contributed by atoms with E-state index < -0.39 is 0 Å². The highest BCUT2D eigenvalue weighted by Crippen LogP contribution is 2.28. The van der Waals surface area contributed by atoms with Gasteiger partial charge < -0.3 is 0 Å². The quantitative estimate of drug-likeness (QED) is 0.654. The highest BCUT2D eigenvalue weighted by Gasteiger charge is 2.14. The number of hydrogen-bond acceptors (Lipinski definition) is 0. The van der Waals surface area contributed by atoms with E-state index in [1.165, 1.54) is 33.0 Å². The van der Waals surface area contributed by atoms with Gasteiger partial charge in [0.25, 0.3) is 0 Å². The van der Waals surface area contributed by atoms with Gasteiger partial charge in [0.15, 0.2) is 0 Å². The fourth-order valence-electron chi connectivity index (χ4n) is 3.03. The summed E-state index contributed by atoms with van der Waals surface area (Å²) >= 11 is 0. The molecule has 0 bridgehead atoms. The molecule has 0 N–H and O–H groups in total. The average Bonchev–Trinajstić information content (AvgIpc) is 2.36. The van der Waals surface area contributed by atoms with Crippen LogP contribution in [-0.2, 0) is 19.3 Å². The van der Waals surface area contributed by atoms with Gasteiger partial charge in [-0.05, 0) is 64.6 Å². The van der Waals surface area contributed by atoms with E-state index in [1.807, 2.05) is 0 Å². The van der Waals surface area contributed by atoms with Gasteiger partial charge in [-0.3, -0.25) is 0 Å². The molecule has 2 aromatic carbocycles. The zero-order chi connectivity index (χ0) is 14.9. The molecule has 0 aromatic heterocycles. The smallest absolute Gasteiger partial charge is 0.0178 e. The van der Waals surface area contributed by atoms with Gasteiger partial charge in [-0.1, -0.05) is 58.9 Å². The summed E-state index contributed by atoms with van der Waals surface area (Å²) in [6.07, 6.45) is 3.40. The van der Waals surface area contributed by atoms with E-state index in [2.05, 4.69) is 65.8 Å². The Bertz CT molecular complexity index is 612. The standard InChI is InChI=1S/C20H28/c1-7-15-10-17-9-14(3)19(13-20(4,5)6)12-18(17)11-16(15)8-2/h9-12H,7-8,13H2,1-6H3. The molecule has 0 nitrogen and oxygen atoms in total. The Morgan fingerprint density at radius 1 is 0.750 bits per heavy atom. The molecule has 2 rings (SSSR count). The van der Waals surface area contributed by atoms with Crippen LogP contribution in [0.4, 0.5) is 0 Å². The molecule has 0 atom stereocenters. The van der Waals surface area contributed by atoms with Crippen molar-refractivity contribution in [2.24, 2.45) is 5.41 Å². The molecule has 0 unspecified atom stereocenters. The second-order valence-corrected chi connectivity index (χ2v) is 7.19. The lowest BCUT2D eigenvalue weighted by Crippen LogP contribution is -2.10. The third-order valence-electron chi connectivity index (χ3n) is 4.10. The van der Waals surface area contributed by atoms with Crippen molar-refractivity contribution >= 4 is 10.8 Å². The minimum Gasteiger partial charge on any atom is -0.0613 e. The topological polar surface area (TPSA) is 0 Å². The van der Waals surface area contributed by atoms with Gasteiger partial charge >= 0.3 is 0 Å². The van der Waals surface area contributed by atoms with Crippen LogP contribution in [-0.4, -0.2) is 0 Å². The second-order valence-electron chi connectivity index (χ2n) is 7.19. The largest absolute Gasteiger partial charge is 0.0613 e. The highest BCUT2D eigenvalue weighted by atomic mass is 14.2. The number of aryl methyl sites for hydroxylation is 3. The number of hydrogen-bond donors (Lipinski definition) is 0. The first-order valence-corrected chi connectivity index (χ1v) is 7.89. The van der Waals surface area contributed by atoms with Crippen molar-refractivity contribution in [1.82, 2.24) is 0 Å². The number of fused-ring (bicyclic) bond motifs is 1. The molecule has 0 saturated carbocycles. The van der Waals surface area contributed by atoms with Crippen molar-refractivity contribution in [3.63, 3.8) is 0 Å². The third kappa shape index (κ3) is 3.23. The van der Waals surface area contributed by atoms with Crippen LogP contribution >= 0.6 is 0 Å². The maximum atomic E-state index is 2.41. The van der Waals surface area contributed by atoms with Crippen molar-refractivity contribution in [3.8, 4) is 0 Å². The zero-order valence-corrected chi connectivity index (χ0v) is 13.9. The van der Waals surface area contributed by atoms with Crippen molar-refractivity contribution in [2.45, 2.75) is 60.8 Å². The molecule has 20 heavy (non-hydrogen) atoms. The van der Waals surface area contributed by atoms with Crippen LogP contribution in [0.3, 0.4) is 0 Å². The number of rotatable bonds is 3. The molecule has 0 fully saturated rings. The van der Waals surface area contributed by atoms with Gasteiger partial charge in [0.1, 0.15) is 0 Å². The monoisotopic (exact) mass is 268 g/mol. The Morgan fingerprint density at radius 3 is 1.65 bits per heavy atom. The summed E-state index contributed by atoms with van der Waals surface area (Å²) in [7, 11) is 0. The summed E-state index contributed by atoms with van der Waals surface area (Å²) in [6.45, 7) is 13.7. The molecule has 0 saturated heterocycles. The lowest BCUT2D eigenvalue weighted by Gasteiger charge is -2.20. The molecule has 0 spiro atoms. The fraction of sp³-hybridized carbons (Fsp3) is 0.500. The Kier molecular flexibility index (Phi) is 4.22. The molecular weight excluding hydrogens is 240 g/mol. The van der Waals surface area contributed by atoms with Gasteiger partial charge in [-0.2, -0.15) is 0 Å². The van der Waals surface area contributed by atoms with E-state index in [4.69, 9.17) is 0 Å². The molecule has 2 aromatic rings. The van der Waals surface area contributed by atoms with Crippen LogP contribution in [0, 0.1) is 12.3 Å². The summed E-state index contributed by atoms with van der Waals surface area (Å²) < 4.78 is 0. The van der Waals surface area contributed by atoms with E-state index in [0.29, 0.717) is 5.41 Å². The lowest BCUT2D eigenvalue weighted by atomic mass is 9.85. The van der Waals surface area contributed by atoms with Gasteiger partial charge in [0.2, 0.25) is 0 Å². The van der Waals surface area contributed by atoms with Gasteiger partial charge in [-0.25, -0.2) is 0 Å². The zero-order valence-electron chi connectivity index (χ0n) is 13.9. The Morgan fingerprint density at radius 2 is 1.20 bits per heavy atom. The van der Waals surface area contributed by atoms with E-state index >= 15 is 0 Å². The minimum atomic E-state index is 0.343. The van der Waals surface area contributed by atoms with E-state index in [0.717, 1.165) is 19.3 Å². The van der Waals surface area contributed by atoms with Crippen molar-refractivity contribution in [1.29, 1.82) is 0 Å². The molecule has 0 aliphatic carbocycles. The molecule has 0 aliphatic rings. The molecule has 0 radical (unpaired) electrons. The van der Waals surface area contributed by atoms with E-state index in [9.17, 15) is 0 Å². The second kappa shape index (κ2) is 5.60. The van der Waals surface area contributed by atoms with Crippen LogP contribution < -0.4 is 0 Å². The highest BCUT2D eigenvalue weighted by molar-refractivity contribution is 5.85. The summed E-state index contributed by atoms with van der Waals surface area (Å²) in [5.74, 6) is 0. The van der Waals surface area contributed by atoms with Crippen molar-refractivity contribution in [3.05, 3.63) is 46.5 Å². The van der Waals surface area contributed by atoms with Crippen LogP contribution in [0.15, 0.2) is 24.3 Å². The van der Waals surface area contributed by atoms with Gasteiger partial charge in [-0.15, -0.1) is 0 Å². The summed E-state index contributed by atoms with van der Waals surface area (Å²) in [5, 5.41) is 2.80. The average molecular weight is 268 g/mol. The predicted octanol–water partition coefficient (Wildman–Crippen LogP) is 5.86. The van der Waals surface area contributed by atoms with Crippen LogP contribution in [0.2, 0.25) is 0 Å². The molecular formula is C20H28. The molecule has 108 valence electrons. The molecule has 0 aliphatic heterocycles. The Hall–Kier alpha value is -1.30. The van der Waals surface area contributed by atoms with Crippen LogP contribution in [0.5, 0.6) is 0 Å². The first-order chi connectivity index (χ1) is 9.34. The lowest BCUT2D eigenvalue weighted by molar-refractivity contribution is 0.410. The van der Waals surface area contributed by atoms with Crippen molar-refractivity contribution < 1.29 is 0 Å². The first kappa shape index (κ1) is 15.1. The third-order valence-corrected chi connectivity index (χ3v) is 4.10. The summed E-state index contributed by atoms with van der Waals surface area (Å²) in [4.78, 5) is 0. The molecule has 0 heterocycles. The maximum Gasteiger partial charge on any atom is -0.0178 e. The van der Waals surface area contributed by atoms with Crippen molar-refractivity contribution in [2.75, 3.05) is 0 Å². The van der Waals surface area contributed by atoms with Crippen LogP contribution in [0.25, 0.3) is 10.8 Å². The first-order valence-electron chi connectivity index (χ1n) is 7.89.